The molecule has 0 bridgehead atoms. The van der Waals surface area contributed by atoms with E-state index in [1.54, 1.807) is 6.07 Å². The van der Waals surface area contributed by atoms with Crippen molar-refractivity contribution in [3.63, 3.8) is 0 Å². The third-order valence-corrected chi connectivity index (χ3v) is 4.68. The SMILES string of the molecule is CCNC(Cc1c(Cl)cccc1Cl)c1cc(F)ccc1Br. The van der Waals surface area contributed by atoms with Crippen LogP contribution < -0.4 is 5.32 Å². The van der Waals surface area contributed by atoms with Crippen molar-refractivity contribution in [2.45, 2.75) is 19.4 Å². The van der Waals surface area contributed by atoms with Gasteiger partial charge in [0.15, 0.2) is 0 Å². The first-order valence-electron chi connectivity index (χ1n) is 6.64. The van der Waals surface area contributed by atoms with Crippen molar-refractivity contribution < 1.29 is 4.39 Å². The summed E-state index contributed by atoms with van der Waals surface area (Å²) >= 11 is 15.9. The zero-order chi connectivity index (χ0) is 15.4. The maximum atomic E-state index is 13.5. The normalized spacial score (nSPS) is 12.4. The summed E-state index contributed by atoms with van der Waals surface area (Å²) in [4.78, 5) is 0. The van der Waals surface area contributed by atoms with Gasteiger partial charge < -0.3 is 5.32 Å². The van der Waals surface area contributed by atoms with Crippen LogP contribution in [0.25, 0.3) is 0 Å². The summed E-state index contributed by atoms with van der Waals surface area (Å²) in [5, 5.41) is 4.60. The quantitative estimate of drug-likeness (QED) is 0.681. The molecule has 2 aromatic rings. The molecule has 0 spiro atoms. The summed E-state index contributed by atoms with van der Waals surface area (Å²) in [7, 11) is 0. The Balaban J connectivity index is 2.38. The Morgan fingerprint density at radius 3 is 2.48 bits per heavy atom. The summed E-state index contributed by atoms with van der Waals surface area (Å²) < 4.78 is 14.4. The van der Waals surface area contributed by atoms with E-state index in [1.165, 1.54) is 12.1 Å². The lowest BCUT2D eigenvalue weighted by molar-refractivity contribution is 0.541. The topological polar surface area (TPSA) is 12.0 Å². The Morgan fingerprint density at radius 1 is 1.19 bits per heavy atom. The zero-order valence-electron chi connectivity index (χ0n) is 11.5. The van der Waals surface area contributed by atoms with Gasteiger partial charge in [0.1, 0.15) is 5.82 Å². The Kier molecular flexibility index (Phi) is 6.06. The van der Waals surface area contributed by atoms with Crippen molar-refractivity contribution in [2.24, 2.45) is 0 Å². The molecule has 0 heterocycles. The minimum Gasteiger partial charge on any atom is -0.310 e. The molecule has 0 amide bonds. The molecule has 2 aromatic carbocycles. The van der Waals surface area contributed by atoms with Crippen LogP contribution in [-0.4, -0.2) is 6.54 Å². The first-order valence-corrected chi connectivity index (χ1v) is 8.19. The van der Waals surface area contributed by atoms with Crippen molar-refractivity contribution >= 4 is 39.1 Å². The maximum absolute atomic E-state index is 13.5. The molecular weight excluding hydrogens is 376 g/mol. The molecule has 21 heavy (non-hydrogen) atoms. The van der Waals surface area contributed by atoms with E-state index in [1.807, 2.05) is 25.1 Å². The van der Waals surface area contributed by atoms with Gasteiger partial charge in [-0.3, -0.25) is 0 Å². The standard InChI is InChI=1S/C16H15BrCl2FN/c1-2-21-16(11-8-10(20)6-7-13(11)17)9-12-14(18)4-3-5-15(12)19/h3-8,16,21H,2,9H2,1H3. The Morgan fingerprint density at radius 2 is 1.86 bits per heavy atom. The highest BCUT2D eigenvalue weighted by Gasteiger charge is 2.18. The third-order valence-electron chi connectivity index (χ3n) is 3.25. The zero-order valence-corrected chi connectivity index (χ0v) is 14.6. The van der Waals surface area contributed by atoms with Gasteiger partial charge in [0.05, 0.1) is 0 Å². The summed E-state index contributed by atoms with van der Waals surface area (Å²) in [5.74, 6) is -0.263. The number of rotatable bonds is 5. The van der Waals surface area contributed by atoms with E-state index in [-0.39, 0.29) is 11.9 Å². The Bertz CT molecular complexity index is 613. The highest BCUT2D eigenvalue weighted by Crippen LogP contribution is 2.32. The number of hydrogen-bond donors (Lipinski definition) is 1. The van der Waals surface area contributed by atoms with E-state index in [2.05, 4.69) is 21.2 Å². The summed E-state index contributed by atoms with van der Waals surface area (Å²) in [6.07, 6.45) is 0.592. The van der Waals surface area contributed by atoms with E-state index in [0.29, 0.717) is 16.5 Å². The second-order valence-electron chi connectivity index (χ2n) is 4.68. The van der Waals surface area contributed by atoms with Gasteiger partial charge in [-0.25, -0.2) is 4.39 Å². The first-order chi connectivity index (χ1) is 10.0. The second-order valence-corrected chi connectivity index (χ2v) is 6.35. The van der Waals surface area contributed by atoms with Gasteiger partial charge in [0.25, 0.3) is 0 Å². The molecule has 1 nitrogen and oxygen atoms in total. The minimum atomic E-state index is -0.263. The van der Waals surface area contributed by atoms with Gasteiger partial charge in [0.2, 0.25) is 0 Å². The molecule has 0 aliphatic heterocycles. The summed E-state index contributed by atoms with van der Waals surface area (Å²) in [5.41, 5.74) is 1.72. The van der Waals surface area contributed by atoms with Gasteiger partial charge in [-0.05, 0) is 54.4 Å². The van der Waals surface area contributed by atoms with Crippen molar-refractivity contribution in [2.75, 3.05) is 6.54 Å². The monoisotopic (exact) mass is 389 g/mol. The average molecular weight is 391 g/mol. The molecule has 0 fully saturated rings. The van der Waals surface area contributed by atoms with Crippen LogP contribution in [0.15, 0.2) is 40.9 Å². The smallest absolute Gasteiger partial charge is 0.123 e. The maximum Gasteiger partial charge on any atom is 0.123 e. The summed E-state index contributed by atoms with van der Waals surface area (Å²) in [6, 6.07) is 10.0. The van der Waals surface area contributed by atoms with Crippen LogP contribution >= 0.6 is 39.1 Å². The van der Waals surface area contributed by atoms with Gasteiger partial charge in [-0.15, -0.1) is 0 Å². The molecular formula is C16H15BrCl2FN. The van der Waals surface area contributed by atoms with Crippen LogP contribution in [-0.2, 0) is 6.42 Å². The predicted molar refractivity (Wildman–Crippen MR) is 90.7 cm³/mol. The molecule has 1 unspecified atom stereocenters. The van der Waals surface area contributed by atoms with Crippen molar-refractivity contribution in [1.82, 2.24) is 5.32 Å². The molecule has 0 saturated carbocycles. The fraction of sp³-hybridized carbons (Fsp3) is 0.250. The molecule has 0 aromatic heterocycles. The van der Waals surface area contributed by atoms with Crippen LogP contribution in [0, 0.1) is 5.82 Å². The number of likely N-dealkylation sites (N-methyl/N-ethyl adjacent to an activating group) is 1. The van der Waals surface area contributed by atoms with Crippen LogP contribution in [0.2, 0.25) is 10.0 Å². The van der Waals surface area contributed by atoms with E-state index >= 15 is 0 Å². The fourth-order valence-electron chi connectivity index (χ4n) is 2.25. The van der Waals surface area contributed by atoms with Gasteiger partial charge in [-0.2, -0.15) is 0 Å². The molecule has 0 radical (unpaired) electrons. The Labute approximate surface area is 142 Å². The predicted octanol–water partition coefficient (Wildman–Crippen LogP) is 5.79. The minimum absolute atomic E-state index is 0.0718. The van der Waals surface area contributed by atoms with Crippen LogP contribution in [0.5, 0.6) is 0 Å². The van der Waals surface area contributed by atoms with Crippen molar-refractivity contribution in [3.05, 3.63) is 67.9 Å². The molecule has 1 atom stereocenters. The van der Waals surface area contributed by atoms with Crippen LogP contribution in [0.1, 0.15) is 24.1 Å². The van der Waals surface area contributed by atoms with Crippen molar-refractivity contribution in [3.8, 4) is 0 Å². The number of halogens is 4. The first kappa shape index (κ1) is 16.8. The van der Waals surface area contributed by atoms with Gasteiger partial charge in [0, 0.05) is 20.6 Å². The molecule has 0 aliphatic carbocycles. The average Bonchev–Trinajstić information content (AvgIpc) is 2.44. The van der Waals surface area contributed by atoms with E-state index in [9.17, 15) is 4.39 Å². The molecule has 1 N–H and O–H groups in total. The third kappa shape index (κ3) is 4.19. The fourth-order valence-corrected chi connectivity index (χ4v) is 3.33. The number of hydrogen-bond acceptors (Lipinski definition) is 1. The van der Waals surface area contributed by atoms with E-state index in [4.69, 9.17) is 23.2 Å². The lowest BCUT2D eigenvalue weighted by atomic mass is 9.98. The molecule has 112 valence electrons. The van der Waals surface area contributed by atoms with Gasteiger partial charge >= 0.3 is 0 Å². The lowest BCUT2D eigenvalue weighted by Gasteiger charge is -2.21. The molecule has 0 saturated heterocycles. The van der Waals surface area contributed by atoms with E-state index < -0.39 is 0 Å². The highest BCUT2D eigenvalue weighted by atomic mass is 79.9. The molecule has 5 heteroatoms. The summed E-state index contributed by atoms with van der Waals surface area (Å²) in [6.45, 7) is 2.77. The van der Waals surface area contributed by atoms with Crippen molar-refractivity contribution in [1.29, 1.82) is 0 Å². The molecule has 0 aliphatic rings. The number of benzene rings is 2. The number of nitrogens with one attached hydrogen (secondary N) is 1. The second kappa shape index (κ2) is 7.59. The lowest BCUT2D eigenvalue weighted by Crippen LogP contribution is -2.23. The van der Waals surface area contributed by atoms with Gasteiger partial charge in [-0.1, -0.05) is 52.1 Å². The Hall–Kier alpha value is -0.610. The highest BCUT2D eigenvalue weighted by molar-refractivity contribution is 9.10. The molecule has 2 rings (SSSR count). The van der Waals surface area contributed by atoms with Crippen LogP contribution in [0.3, 0.4) is 0 Å². The largest absolute Gasteiger partial charge is 0.310 e. The van der Waals surface area contributed by atoms with E-state index in [0.717, 1.165) is 22.1 Å². The van der Waals surface area contributed by atoms with Crippen LogP contribution in [0.4, 0.5) is 4.39 Å².